The smallest absolute Gasteiger partial charge is 0.0484 e. The molecule has 0 aromatic rings. The Morgan fingerprint density at radius 2 is 2.06 bits per heavy atom. The van der Waals surface area contributed by atoms with Gasteiger partial charge in [-0.3, -0.25) is 0 Å². The summed E-state index contributed by atoms with van der Waals surface area (Å²) in [5.41, 5.74) is 6.49. The van der Waals surface area contributed by atoms with E-state index in [1.54, 1.807) is 0 Å². The van der Waals surface area contributed by atoms with Gasteiger partial charge in [-0.25, -0.2) is 0 Å². The van der Waals surface area contributed by atoms with Gasteiger partial charge in [-0.05, 0) is 51.4 Å². The molecule has 0 bridgehead atoms. The van der Waals surface area contributed by atoms with Crippen LogP contribution in [0, 0.1) is 0 Å². The Morgan fingerprint density at radius 1 is 1.29 bits per heavy atom. The third-order valence-corrected chi connectivity index (χ3v) is 5.27. The molecule has 3 nitrogen and oxygen atoms in total. The molecule has 0 radical (unpaired) electrons. The Balaban J connectivity index is 1.81. The Labute approximate surface area is 109 Å². The lowest BCUT2D eigenvalue weighted by Crippen LogP contribution is -2.53. The van der Waals surface area contributed by atoms with Gasteiger partial charge in [-0.1, -0.05) is 0 Å². The van der Waals surface area contributed by atoms with Gasteiger partial charge in [-0.15, -0.1) is 0 Å². The third kappa shape index (κ3) is 4.12. The molecule has 0 amide bonds. The van der Waals surface area contributed by atoms with Crippen molar-refractivity contribution in [1.82, 2.24) is 4.90 Å². The van der Waals surface area contributed by atoms with Crippen molar-refractivity contribution in [2.24, 2.45) is 5.73 Å². The van der Waals surface area contributed by atoms with Gasteiger partial charge in [0.15, 0.2) is 0 Å². The van der Waals surface area contributed by atoms with Crippen LogP contribution >= 0.6 is 11.8 Å². The zero-order chi connectivity index (χ0) is 12.1. The molecule has 1 unspecified atom stereocenters. The van der Waals surface area contributed by atoms with E-state index in [-0.39, 0.29) is 5.54 Å². The van der Waals surface area contributed by atoms with Crippen LogP contribution in [0.4, 0.5) is 0 Å². The molecule has 2 saturated heterocycles. The van der Waals surface area contributed by atoms with Gasteiger partial charge in [0.1, 0.15) is 0 Å². The fourth-order valence-electron chi connectivity index (χ4n) is 2.90. The van der Waals surface area contributed by atoms with Gasteiger partial charge in [0.2, 0.25) is 0 Å². The molecule has 2 heterocycles. The Kier molecular flexibility index (Phi) is 5.15. The lowest BCUT2D eigenvalue weighted by molar-refractivity contribution is 0.0381. The van der Waals surface area contributed by atoms with Crippen LogP contribution in [-0.2, 0) is 4.74 Å². The molecule has 17 heavy (non-hydrogen) atoms. The molecule has 2 rings (SSSR count). The first kappa shape index (κ1) is 13.7. The molecule has 4 heteroatoms. The van der Waals surface area contributed by atoms with E-state index in [0.29, 0.717) is 0 Å². The number of thioether (sulfide) groups is 1. The minimum atomic E-state index is 0.0114. The van der Waals surface area contributed by atoms with E-state index < -0.39 is 0 Å². The Bertz CT molecular complexity index is 231. The van der Waals surface area contributed by atoms with Crippen LogP contribution in [0.3, 0.4) is 0 Å². The minimum Gasteiger partial charge on any atom is -0.381 e. The molecular weight excluding hydrogens is 232 g/mol. The van der Waals surface area contributed by atoms with Gasteiger partial charge in [0.25, 0.3) is 0 Å². The van der Waals surface area contributed by atoms with E-state index in [9.17, 15) is 0 Å². The summed E-state index contributed by atoms with van der Waals surface area (Å²) in [6.07, 6.45) is 8.32. The Hall–Kier alpha value is 0.230. The monoisotopic (exact) mass is 258 g/mol. The van der Waals surface area contributed by atoms with Crippen LogP contribution in [0.2, 0.25) is 0 Å². The standard InChI is InChI=1S/C13H26N2OS/c1-17-12-3-2-7-15(8-4-12)11-13(14)5-9-16-10-6-13/h12H,2-11,14H2,1H3. The molecule has 2 aliphatic heterocycles. The topological polar surface area (TPSA) is 38.5 Å². The molecule has 2 N–H and O–H groups in total. The molecule has 0 aromatic carbocycles. The molecule has 2 fully saturated rings. The average molecular weight is 258 g/mol. The maximum absolute atomic E-state index is 6.48. The third-order valence-electron chi connectivity index (χ3n) is 4.13. The highest BCUT2D eigenvalue weighted by molar-refractivity contribution is 7.99. The second kappa shape index (κ2) is 6.41. The van der Waals surface area contributed by atoms with Crippen LogP contribution < -0.4 is 5.73 Å². The summed E-state index contributed by atoms with van der Waals surface area (Å²) in [5.74, 6) is 0. The van der Waals surface area contributed by atoms with Crippen LogP contribution in [0.25, 0.3) is 0 Å². The lowest BCUT2D eigenvalue weighted by atomic mass is 9.90. The summed E-state index contributed by atoms with van der Waals surface area (Å²) >= 11 is 2.03. The predicted octanol–water partition coefficient (Wildman–Crippen LogP) is 1.71. The maximum atomic E-state index is 6.48. The molecule has 0 saturated carbocycles. The number of hydrogen-bond donors (Lipinski definition) is 1. The maximum Gasteiger partial charge on any atom is 0.0484 e. The molecular formula is C13H26N2OS. The van der Waals surface area contributed by atoms with E-state index in [1.165, 1.54) is 32.4 Å². The van der Waals surface area contributed by atoms with Crippen molar-refractivity contribution in [3.63, 3.8) is 0 Å². The zero-order valence-corrected chi connectivity index (χ0v) is 11.8. The van der Waals surface area contributed by atoms with Crippen LogP contribution in [0.15, 0.2) is 0 Å². The van der Waals surface area contributed by atoms with Gasteiger partial charge in [0, 0.05) is 30.5 Å². The first-order valence-corrected chi connectivity index (χ1v) is 8.12. The molecule has 0 aliphatic carbocycles. The van der Waals surface area contributed by atoms with Crippen molar-refractivity contribution < 1.29 is 4.74 Å². The number of hydrogen-bond acceptors (Lipinski definition) is 4. The molecule has 100 valence electrons. The van der Waals surface area contributed by atoms with Gasteiger partial charge >= 0.3 is 0 Å². The van der Waals surface area contributed by atoms with Gasteiger partial charge < -0.3 is 15.4 Å². The summed E-state index contributed by atoms with van der Waals surface area (Å²) < 4.78 is 5.41. The molecule has 1 atom stereocenters. The van der Waals surface area contributed by atoms with Crippen LogP contribution in [-0.4, -0.2) is 54.8 Å². The Morgan fingerprint density at radius 3 is 2.76 bits per heavy atom. The van der Waals surface area contributed by atoms with Crippen LogP contribution in [0.5, 0.6) is 0 Å². The average Bonchev–Trinajstić information content (AvgIpc) is 2.55. The van der Waals surface area contributed by atoms with Gasteiger partial charge in [-0.2, -0.15) is 11.8 Å². The van der Waals surface area contributed by atoms with Crippen molar-refractivity contribution in [2.75, 3.05) is 39.1 Å². The largest absolute Gasteiger partial charge is 0.381 e. The fraction of sp³-hybridized carbons (Fsp3) is 1.00. The summed E-state index contributed by atoms with van der Waals surface area (Å²) in [6, 6.07) is 0. The van der Waals surface area contributed by atoms with E-state index in [2.05, 4.69) is 11.2 Å². The number of nitrogens with zero attached hydrogens (tertiary/aromatic N) is 1. The van der Waals surface area contributed by atoms with Crippen molar-refractivity contribution in [1.29, 1.82) is 0 Å². The highest BCUT2D eigenvalue weighted by Gasteiger charge is 2.30. The normalized spacial score (nSPS) is 31.1. The van der Waals surface area contributed by atoms with E-state index in [1.807, 2.05) is 11.8 Å². The van der Waals surface area contributed by atoms with Crippen molar-refractivity contribution >= 4 is 11.8 Å². The number of nitrogens with two attached hydrogens (primary N) is 1. The van der Waals surface area contributed by atoms with Gasteiger partial charge in [0.05, 0.1) is 0 Å². The molecule has 0 aromatic heterocycles. The minimum absolute atomic E-state index is 0.0114. The number of likely N-dealkylation sites (tertiary alicyclic amines) is 1. The van der Waals surface area contributed by atoms with Crippen molar-refractivity contribution in [2.45, 2.75) is 42.9 Å². The van der Waals surface area contributed by atoms with Crippen molar-refractivity contribution in [3.8, 4) is 0 Å². The summed E-state index contributed by atoms with van der Waals surface area (Å²) in [7, 11) is 0. The number of rotatable bonds is 3. The molecule has 2 aliphatic rings. The highest BCUT2D eigenvalue weighted by atomic mass is 32.2. The predicted molar refractivity (Wildman–Crippen MR) is 74.6 cm³/mol. The van der Waals surface area contributed by atoms with E-state index in [4.69, 9.17) is 10.5 Å². The van der Waals surface area contributed by atoms with Crippen LogP contribution in [0.1, 0.15) is 32.1 Å². The fourth-order valence-corrected chi connectivity index (χ4v) is 3.64. The SMILES string of the molecule is CSC1CCCN(CC2(N)CCOCC2)CC1. The summed E-state index contributed by atoms with van der Waals surface area (Å²) in [5, 5.41) is 0.864. The quantitative estimate of drug-likeness (QED) is 0.836. The first-order chi connectivity index (χ1) is 8.22. The second-order valence-electron chi connectivity index (χ2n) is 5.54. The number of ether oxygens (including phenoxy) is 1. The van der Waals surface area contributed by atoms with E-state index in [0.717, 1.165) is 37.9 Å². The molecule has 0 spiro atoms. The highest BCUT2D eigenvalue weighted by Crippen LogP contribution is 2.24. The van der Waals surface area contributed by atoms with Crippen molar-refractivity contribution in [3.05, 3.63) is 0 Å². The van der Waals surface area contributed by atoms with E-state index >= 15 is 0 Å². The first-order valence-electron chi connectivity index (χ1n) is 6.84. The summed E-state index contributed by atoms with van der Waals surface area (Å²) in [6.45, 7) is 5.22. The zero-order valence-electron chi connectivity index (χ0n) is 11.0. The summed E-state index contributed by atoms with van der Waals surface area (Å²) in [4.78, 5) is 2.58. The second-order valence-corrected chi connectivity index (χ2v) is 6.68. The lowest BCUT2D eigenvalue weighted by Gasteiger charge is -2.37.